The van der Waals surface area contributed by atoms with Crippen molar-refractivity contribution < 1.29 is 29.4 Å². The van der Waals surface area contributed by atoms with E-state index in [2.05, 4.69) is 31.0 Å². The Morgan fingerprint density at radius 1 is 1.43 bits per heavy atom. The van der Waals surface area contributed by atoms with Crippen molar-refractivity contribution >= 4 is 63.5 Å². The average molecular weight is 543 g/mol. The number of nitrogens with zero attached hydrogens (tertiary/aromatic N) is 7. The fraction of sp³-hybridized carbons (Fsp3) is 0.375. The van der Waals surface area contributed by atoms with E-state index in [0.717, 1.165) is 32.8 Å². The molecule has 4 heterocycles. The van der Waals surface area contributed by atoms with Gasteiger partial charge in [0.2, 0.25) is 5.16 Å². The molecule has 2 aliphatic heterocycles. The number of aromatic nitrogens is 5. The number of thioether (sulfide) groups is 2. The summed E-state index contributed by atoms with van der Waals surface area (Å²) in [6.07, 6.45) is 0. The molecule has 35 heavy (non-hydrogen) atoms. The molecule has 16 nitrogen and oxygen atoms in total. The fourth-order valence-corrected chi connectivity index (χ4v) is 6.02. The summed E-state index contributed by atoms with van der Waals surface area (Å²) in [4.78, 5) is 48.8. The molecular weight excluding hydrogens is 524 g/mol. The number of aliphatic hydroxyl groups is 1. The molecule has 2 aromatic rings. The maximum absolute atomic E-state index is 12.9. The summed E-state index contributed by atoms with van der Waals surface area (Å²) in [7, 11) is 0. The van der Waals surface area contributed by atoms with Crippen LogP contribution < -0.4 is 16.9 Å². The SMILES string of the molecule is Nc1nc(/C(=N/OCCO)C(=O)N[C@@H]2C(=O)N3C(C(=O)O)=C(CSc4nnnn4N)CS[C@@H]23)cs1. The van der Waals surface area contributed by atoms with Crippen LogP contribution in [-0.2, 0) is 19.2 Å². The van der Waals surface area contributed by atoms with Crippen LogP contribution >= 0.6 is 34.9 Å². The Labute approximate surface area is 208 Å². The third-order valence-corrected chi connectivity index (χ3v) is 7.73. The van der Waals surface area contributed by atoms with Crippen molar-refractivity contribution in [1.82, 2.24) is 35.5 Å². The Hall–Kier alpha value is -3.42. The molecule has 2 aliphatic rings. The summed E-state index contributed by atoms with van der Waals surface area (Å²) in [5, 5.41) is 37.0. The number of fused-ring (bicyclic) bond motifs is 1. The van der Waals surface area contributed by atoms with Crippen molar-refractivity contribution in [3.63, 3.8) is 0 Å². The van der Waals surface area contributed by atoms with Gasteiger partial charge in [-0.05, 0) is 16.0 Å². The highest BCUT2D eigenvalue weighted by molar-refractivity contribution is 8.01. The fourth-order valence-electron chi connectivity index (χ4n) is 3.19. The lowest BCUT2D eigenvalue weighted by Crippen LogP contribution is -2.71. The second kappa shape index (κ2) is 10.5. The Morgan fingerprint density at radius 2 is 2.23 bits per heavy atom. The first-order chi connectivity index (χ1) is 16.8. The van der Waals surface area contributed by atoms with Crippen LogP contribution in [-0.4, -0.2) is 100 Å². The molecule has 0 bridgehead atoms. The number of carboxylic acids is 1. The lowest BCUT2D eigenvalue weighted by atomic mass is 10.0. The molecule has 2 aromatic heterocycles. The number of nitrogen functional groups attached to an aromatic ring is 2. The van der Waals surface area contributed by atoms with E-state index in [1.165, 1.54) is 17.1 Å². The Bertz CT molecular complexity index is 1210. The van der Waals surface area contributed by atoms with Gasteiger partial charge in [0.1, 0.15) is 29.4 Å². The van der Waals surface area contributed by atoms with E-state index in [1.807, 2.05) is 0 Å². The largest absolute Gasteiger partial charge is 0.477 e. The molecule has 186 valence electrons. The second-order valence-corrected chi connectivity index (χ2v) is 9.82. The van der Waals surface area contributed by atoms with Gasteiger partial charge in [-0.1, -0.05) is 22.0 Å². The molecule has 0 radical (unpaired) electrons. The molecule has 1 saturated heterocycles. The van der Waals surface area contributed by atoms with Gasteiger partial charge >= 0.3 is 5.97 Å². The summed E-state index contributed by atoms with van der Waals surface area (Å²) in [6.45, 7) is -0.480. The summed E-state index contributed by atoms with van der Waals surface area (Å²) < 4.78 is 0. The average Bonchev–Trinajstić information content (AvgIpc) is 3.45. The van der Waals surface area contributed by atoms with Crippen molar-refractivity contribution in [2.45, 2.75) is 16.6 Å². The summed E-state index contributed by atoms with van der Waals surface area (Å²) in [5.74, 6) is 3.45. The van der Waals surface area contributed by atoms with E-state index in [0.29, 0.717) is 11.3 Å². The normalized spacial score (nSPS) is 19.9. The Kier molecular flexibility index (Phi) is 7.38. The number of oxime groups is 1. The van der Waals surface area contributed by atoms with Gasteiger partial charge in [0.15, 0.2) is 10.8 Å². The zero-order valence-electron chi connectivity index (χ0n) is 17.6. The molecule has 0 unspecified atom stereocenters. The minimum Gasteiger partial charge on any atom is -0.477 e. The quantitative estimate of drug-likeness (QED) is 0.0529. The van der Waals surface area contributed by atoms with Crippen molar-refractivity contribution in [2.24, 2.45) is 5.16 Å². The highest BCUT2D eigenvalue weighted by Crippen LogP contribution is 2.41. The third kappa shape index (κ3) is 5.01. The minimum absolute atomic E-state index is 0.135. The van der Waals surface area contributed by atoms with Gasteiger partial charge in [0, 0.05) is 16.9 Å². The molecule has 0 spiro atoms. The van der Waals surface area contributed by atoms with E-state index < -0.39 is 29.2 Å². The maximum atomic E-state index is 12.9. The number of thiazole rings is 1. The number of aliphatic hydroxyl groups excluding tert-OH is 1. The predicted octanol–water partition coefficient (Wildman–Crippen LogP) is -2.33. The zero-order valence-corrected chi connectivity index (χ0v) is 20.0. The number of nitrogens with one attached hydrogen (secondary N) is 1. The van der Waals surface area contributed by atoms with Crippen LogP contribution in [0, 0.1) is 0 Å². The molecular formula is C16H18N10O6S3. The number of rotatable bonds is 10. The first kappa shape index (κ1) is 24.7. The number of nitrogens with two attached hydrogens (primary N) is 2. The number of carbonyl (C=O) groups is 3. The number of tetrazole rings is 1. The van der Waals surface area contributed by atoms with Crippen LogP contribution in [0.5, 0.6) is 0 Å². The second-order valence-electron chi connectivity index (χ2n) is 6.88. The summed E-state index contributed by atoms with van der Waals surface area (Å²) in [5.41, 5.74) is 5.87. The number of anilines is 1. The van der Waals surface area contributed by atoms with Crippen LogP contribution in [0.4, 0.5) is 5.13 Å². The van der Waals surface area contributed by atoms with Gasteiger partial charge < -0.3 is 31.9 Å². The third-order valence-electron chi connectivity index (χ3n) is 4.69. The highest BCUT2D eigenvalue weighted by atomic mass is 32.2. The lowest BCUT2D eigenvalue weighted by Gasteiger charge is -2.49. The van der Waals surface area contributed by atoms with Crippen molar-refractivity contribution in [3.8, 4) is 0 Å². The Morgan fingerprint density at radius 3 is 2.86 bits per heavy atom. The van der Waals surface area contributed by atoms with E-state index in [-0.39, 0.29) is 46.4 Å². The Balaban J connectivity index is 1.49. The molecule has 7 N–H and O–H groups in total. The van der Waals surface area contributed by atoms with Crippen LogP contribution in [0.1, 0.15) is 5.69 Å². The summed E-state index contributed by atoms with van der Waals surface area (Å²) >= 11 is 3.51. The number of carbonyl (C=O) groups excluding carboxylic acids is 2. The van der Waals surface area contributed by atoms with Crippen molar-refractivity contribution in [3.05, 3.63) is 22.3 Å². The first-order valence-electron chi connectivity index (χ1n) is 9.71. The van der Waals surface area contributed by atoms with Crippen LogP contribution in [0.3, 0.4) is 0 Å². The van der Waals surface area contributed by atoms with Gasteiger partial charge in [-0.3, -0.25) is 14.5 Å². The number of carboxylic acid groups (broad SMARTS) is 1. The molecule has 2 amide bonds. The molecule has 0 aliphatic carbocycles. The van der Waals surface area contributed by atoms with Gasteiger partial charge in [0.05, 0.1) is 6.61 Å². The number of hydrogen-bond acceptors (Lipinski definition) is 15. The standard InChI is InChI=1S/C16H18N10O6S3/c17-15-19-7(5-34-15)8(22-32-2-1-27)11(28)20-9-12(29)25-10(14(30)31)6(3-33-13(9)25)4-35-16-21-23-24-26(16)18/h5,9,13,27H,1-4,18H2,(H2,17,19)(H,20,28)(H,30,31)/b22-8-/t9-,13+/m1/s1. The highest BCUT2D eigenvalue weighted by Gasteiger charge is 2.54. The van der Waals surface area contributed by atoms with Crippen LogP contribution in [0.2, 0.25) is 0 Å². The predicted molar refractivity (Wildman–Crippen MR) is 124 cm³/mol. The monoisotopic (exact) mass is 542 g/mol. The molecule has 2 atom stereocenters. The van der Waals surface area contributed by atoms with E-state index in [9.17, 15) is 19.5 Å². The first-order valence-corrected chi connectivity index (χ1v) is 12.6. The number of aliphatic carboxylic acids is 1. The van der Waals surface area contributed by atoms with E-state index in [1.54, 1.807) is 0 Å². The summed E-state index contributed by atoms with van der Waals surface area (Å²) in [6, 6.07) is -0.994. The minimum atomic E-state index is -1.27. The van der Waals surface area contributed by atoms with Crippen molar-refractivity contribution in [1.29, 1.82) is 0 Å². The number of amides is 2. The molecule has 1 fully saturated rings. The topological polar surface area (TPSA) is 237 Å². The molecule has 4 rings (SSSR count). The van der Waals surface area contributed by atoms with Crippen LogP contribution in [0.15, 0.2) is 27.0 Å². The maximum Gasteiger partial charge on any atom is 0.352 e. The molecule has 0 saturated carbocycles. The molecule has 0 aromatic carbocycles. The van der Waals surface area contributed by atoms with Crippen LogP contribution in [0.25, 0.3) is 0 Å². The van der Waals surface area contributed by atoms with Gasteiger partial charge in [0.25, 0.3) is 11.8 Å². The van der Waals surface area contributed by atoms with E-state index >= 15 is 0 Å². The van der Waals surface area contributed by atoms with Crippen molar-refractivity contribution in [2.75, 3.05) is 36.3 Å². The smallest absolute Gasteiger partial charge is 0.352 e. The lowest BCUT2D eigenvalue weighted by molar-refractivity contribution is -0.150. The van der Waals surface area contributed by atoms with E-state index in [4.69, 9.17) is 21.5 Å². The zero-order chi connectivity index (χ0) is 25.1. The molecule has 19 heteroatoms. The van der Waals surface area contributed by atoms with Gasteiger partial charge in [-0.15, -0.1) is 27.9 Å². The van der Waals surface area contributed by atoms with Gasteiger partial charge in [-0.25, -0.2) is 9.78 Å². The van der Waals surface area contributed by atoms with Gasteiger partial charge in [-0.2, -0.15) is 0 Å². The number of β-lactam (4-membered cyclic amide) rings is 1. The number of hydrogen-bond donors (Lipinski definition) is 5.